The molecule has 7 N–H and O–H groups in total. The van der Waals surface area contributed by atoms with Crippen LogP contribution in [0.1, 0.15) is 0 Å². The van der Waals surface area contributed by atoms with Crippen LogP contribution in [0.2, 0.25) is 0 Å². The Balaban J connectivity index is 1.72. The Hall–Kier alpha value is -3.35. The van der Waals surface area contributed by atoms with Crippen LogP contribution in [0.25, 0.3) is 22.3 Å². The van der Waals surface area contributed by atoms with E-state index in [9.17, 15) is 40.5 Å². The molecular weight excluding hydrogens is 428 g/mol. The number of ether oxygens (including phenoxy) is 2. The molecule has 1 aromatic heterocycles. The summed E-state index contributed by atoms with van der Waals surface area (Å²) in [4.78, 5) is 12.5. The molecule has 2 aromatic carbocycles. The number of hydrogen-bond acceptors (Lipinski definition) is 11. The number of aliphatic hydroxyl groups excluding tert-OH is 4. The lowest BCUT2D eigenvalue weighted by atomic mass is 9.99. The topological polar surface area (TPSA) is 190 Å². The molecule has 11 heteroatoms. The Morgan fingerprint density at radius 1 is 0.875 bits per heavy atom. The number of aliphatic hydroxyl groups is 4. The second-order valence-electron chi connectivity index (χ2n) is 7.31. The zero-order valence-corrected chi connectivity index (χ0v) is 16.3. The van der Waals surface area contributed by atoms with Gasteiger partial charge in [0.15, 0.2) is 16.9 Å². The minimum atomic E-state index is -1.68. The van der Waals surface area contributed by atoms with Gasteiger partial charge in [0, 0.05) is 23.8 Å². The zero-order chi connectivity index (χ0) is 23.2. The fourth-order valence-electron chi connectivity index (χ4n) is 3.43. The minimum Gasteiger partial charge on any atom is -0.507 e. The third-order valence-corrected chi connectivity index (χ3v) is 5.14. The second-order valence-corrected chi connectivity index (χ2v) is 7.31. The first kappa shape index (κ1) is 21.9. The smallest absolute Gasteiger partial charge is 0.229 e. The molecule has 1 aliphatic rings. The van der Waals surface area contributed by atoms with Gasteiger partial charge < -0.3 is 49.6 Å². The summed E-state index contributed by atoms with van der Waals surface area (Å²) in [5.41, 5.74) is -0.413. The number of rotatable bonds is 4. The highest BCUT2D eigenvalue weighted by atomic mass is 16.7. The minimum absolute atomic E-state index is 0.0298. The van der Waals surface area contributed by atoms with E-state index in [1.807, 2.05) is 0 Å². The fourth-order valence-corrected chi connectivity index (χ4v) is 3.43. The largest absolute Gasteiger partial charge is 0.507 e. The molecule has 0 spiro atoms. The maximum Gasteiger partial charge on any atom is 0.229 e. The van der Waals surface area contributed by atoms with Crippen LogP contribution in [0.4, 0.5) is 0 Å². The fraction of sp³-hybridized carbons (Fsp3) is 0.286. The van der Waals surface area contributed by atoms with E-state index >= 15 is 0 Å². The summed E-state index contributed by atoms with van der Waals surface area (Å²) in [5.74, 6) is -1.34. The molecule has 0 bridgehead atoms. The van der Waals surface area contributed by atoms with Gasteiger partial charge in [-0.3, -0.25) is 4.79 Å². The summed E-state index contributed by atoms with van der Waals surface area (Å²) in [7, 11) is 0. The van der Waals surface area contributed by atoms with Gasteiger partial charge in [-0.1, -0.05) is 0 Å². The van der Waals surface area contributed by atoms with Gasteiger partial charge in [0.25, 0.3) is 0 Å². The van der Waals surface area contributed by atoms with Crippen molar-refractivity contribution in [1.82, 2.24) is 0 Å². The van der Waals surface area contributed by atoms with Crippen molar-refractivity contribution in [3.05, 3.63) is 46.6 Å². The van der Waals surface area contributed by atoms with E-state index in [0.29, 0.717) is 0 Å². The van der Waals surface area contributed by atoms with Gasteiger partial charge in [-0.2, -0.15) is 0 Å². The molecule has 0 radical (unpaired) electrons. The van der Waals surface area contributed by atoms with E-state index in [0.717, 1.165) is 12.1 Å². The van der Waals surface area contributed by atoms with Crippen LogP contribution in [0.3, 0.4) is 0 Å². The normalized spacial score (nSPS) is 25.7. The first-order valence-electron chi connectivity index (χ1n) is 9.50. The van der Waals surface area contributed by atoms with Crippen molar-refractivity contribution in [2.45, 2.75) is 30.7 Å². The average Bonchev–Trinajstić information content (AvgIpc) is 2.75. The lowest BCUT2D eigenvalue weighted by Crippen LogP contribution is -2.60. The molecule has 0 saturated carbocycles. The zero-order valence-electron chi connectivity index (χ0n) is 16.3. The molecule has 5 atom stereocenters. The van der Waals surface area contributed by atoms with E-state index in [4.69, 9.17) is 13.9 Å². The molecule has 11 nitrogen and oxygen atoms in total. The Kier molecular flexibility index (Phi) is 5.67. The van der Waals surface area contributed by atoms with Crippen molar-refractivity contribution in [3.63, 3.8) is 0 Å². The van der Waals surface area contributed by atoms with Gasteiger partial charge in [0.05, 0.1) is 6.61 Å². The van der Waals surface area contributed by atoms with Crippen molar-refractivity contribution in [2.75, 3.05) is 6.61 Å². The van der Waals surface area contributed by atoms with Crippen LogP contribution in [-0.2, 0) is 4.74 Å². The Morgan fingerprint density at radius 3 is 2.31 bits per heavy atom. The first-order valence-corrected chi connectivity index (χ1v) is 9.50. The van der Waals surface area contributed by atoms with Gasteiger partial charge in [0.2, 0.25) is 6.29 Å². The van der Waals surface area contributed by atoms with E-state index < -0.39 is 54.2 Å². The first-order chi connectivity index (χ1) is 15.2. The average molecular weight is 448 g/mol. The van der Waals surface area contributed by atoms with Crippen LogP contribution in [0.5, 0.6) is 23.0 Å². The number of aromatic hydroxyl groups is 3. The van der Waals surface area contributed by atoms with E-state index in [-0.39, 0.29) is 33.8 Å². The maximum absolute atomic E-state index is 12.5. The number of hydrogen-bond donors (Lipinski definition) is 7. The lowest BCUT2D eigenvalue weighted by molar-refractivity contribution is -0.277. The second kappa shape index (κ2) is 8.30. The van der Waals surface area contributed by atoms with E-state index in [1.54, 1.807) is 0 Å². The van der Waals surface area contributed by atoms with Gasteiger partial charge in [-0.15, -0.1) is 0 Å². The van der Waals surface area contributed by atoms with Gasteiger partial charge in [0.1, 0.15) is 52.6 Å². The predicted octanol–water partition coefficient (Wildman–Crippen LogP) is -0.245. The summed E-state index contributed by atoms with van der Waals surface area (Å²) in [6.07, 6.45) is -7.61. The molecule has 0 amide bonds. The third-order valence-electron chi connectivity index (χ3n) is 5.14. The number of fused-ring (bicyclic) bond motifs is 1. The number of phenols is 3. The summed E-state index contributed by atoms with van der Waals surface area (Å²) < 4.78 is 16.4. The molecule has 0 aliphatic carbocycles. The molecular formula is C21H20O11. The van der Waals surface area contributed by atoms with Gasteiger partial charge >= 0.3 is 0 Å². The van der Waals surface area contributed by atoms with Crippen LogP contribution in [-0.4, -0.2) is 73.1 Å². The molecule has 2 heterocycles. The van der Waals surface area contributed by atoms with Crippen LogP contribution in [0.15, 0.2) is 45.6 Å². The SMILES string of the molecule is O=c1cc(-c2ccc(O)c(O)c2)oc2cc(O[C@@H]3OC(CO)[C@@H](O)[C@@H](O)C3O)cc(O)c12. The Labute approximate surface area is 179 Å². The van der Waals surface area contributed by atoms with Crippen molar-refractivity contribution in [2.24, 2.45) is 0 Å². The molecule has 4 rings (SSSR count). The molecule has 1 aliphatic heterocycles. The Bertz CT molecular complexity index is 1200. The van der Waals surface area contributed by atoms with Crippen LogP contribution >= 0.6 is 0 Å². The molecule has 1 fully saturated rings. The van der Waals surface area contributed by atoms with Gasteiger partial charge in [-0.05, 0) is 18.2 Å². The van der Waals surface area contributed by atoms with Crippen LogP contribution in [0, 0.1) is 0 Å². The molecule has 3 aromatic rings. The van der Waals surface area contributed by atoms with Crippen LogP contribution < -0.4 is 10.2 Å². The number of benzene rings is 2. The van der Waals surface area contributed by atoms with Crippen molar-refractivity contribution in [3.8, 4) is 34.3 Å². The molecule has 32 heavy (non-hydrogen) atoms. The lowest BCUT2D eigenvalue weighted by Gasteiger charge is -2.39. The summed E-state index contributed by atoms with van der Waals surface area (Å²) in [6.45, 7) is -0.647. The highest BCUT2D eigenvalue weighted by Crippen LogP contribution is 2.35. The summed E-state index contributed by atoms with van der Waals surface area (Å²) in [6, 6.07) is 7.23. The predicted molar refractivity (Wildman–Crippen MR) is 107 cm³/mol. The molecule has 1 saturated heterocycles. The standard InChI is InChI=1S/C21H20O11/c22-7-16-18(27)19(28)20(29)21(32-16)30-9-4-12(25)17-13(26)6-14(31-15(17)5-9)8-1-2-10(23)11(24)3-8/h1-6,16,18-25,27-29H,7H2/t16?,18-,19-,20?,21-/m1/s1. The third kappa shape index (κ3) is 3.83. The van der Waals surface area contributed by atoms with E-state index in [1.165, 1.54) is 24.3 Å². The quantitative estimate of drug-likeness (QED) is 0.261. The monoisotopic (exact) mass is 448 g/mol. The number of phenolic OH excluding ortho intramolecular Hbond substituents is 3. The summed E-state index contributed by atoms with van der Waals surface area (Å²) >= 11 is 0. The highest BCUT2D eigenvalue weighted by molar-refractivity contribution is 5.86. The highest BCUT2D eigenvalue weighted by Gasteiger charge is 2.44. The molecule has 2 unspecified atom stereocenters. The van der Waals surface area contributed by atoms with Crippen molar-refractivity contribution in [1.29, 1.82) is 0 Å². The van der Waals surface area contributed by atoms with Crippen molar-refractivity contribution >= 4 is 11.0 Å². The van der Waals surface area contributed by atoms with Crippen molar-refractivity contribution < 1.29 is 49.6 Å². The Morgan fingerprint density at radius 2 is 1.62 bits per heavy atom. The maximum atomic E-state index is 12.5. The summed E-state index contributed by atoms with van der Waals surface area (Å²) in [5, 5.41) is 68.5. The van der Waals surface area contributed by atoms with E-state index in [2.05, 4.69) is 0 Å². The molecule has 170 valence electrons. The van der Waals surface area contributed by atoms with Gasteiger partial charge in [-0.25, -0.2) is 0 Å².